The monoisotopic (exact) mass is 380 g/mol. The summed E-state index contributed by atoms with van der Waals surface area (Å²) >= 11 is 0. The highest BCUT2D eigenvalue weighted by Crippen LogP contribution is 2.22. The fourth-order valence-corrected chi connectivity index (χ4v) is 3.49. The third kappa shape index (κ3) is 3.76. The summed E-state index contributed by atoms with van der Waals surface area (Å²) in [7, 11) is 1.91. The summed E-state index contributed by atoms with van der Waals surface area (Å²) < 4.78 is 7.28. The topological polar surface area (TPSA) is 89.3 Å². The molecule has 4 heterocycles. The number of aliphatic hydroxyl groups excluding tert-OH is 1. The fraction of sp³-hybridized carbons (Fsp3) is 0.381. The molecular weight excluding hydrogens is 356 g/mol. The standard InChI is InChI=1S/C21H24N4O3/c1-13-3-4-14(11-22-13)9-15-10-17(23-20-16(15)5-7-25(20)2)21(27)24-18-12-28-8-6-19(18)26/h3-5,7,10-11,18-19,26H,6,8-9,12H2,1-2H3,(H,24,27)/t18-,19-/m1/s1. The smallest absolute Gasteiger partial charge is 0.270 e. The molecule has 4 rings (SSSR count). The second-order valence-corrected chi connectivity index (χ2v) is 7.33. The number of pyridine rings is 2. The quantitative estimate of drug-likeness (QED) is 0.720. The molecule has 0 radical (unpaired) electrons. The van der Waals surface area contributed by atoms with Crippen LogP contribution in [0.25, 0.3) is 11.0 Å². The molecule has 0 spiro atoms. The maximum absolute atomic E-state index is 12.8. The Morgan fingerprint density at radius 1 is 1.39 bits per heavy atom. The van der Waals surface area contributed by atoms with Gasteiger partial charge in [-0.2, -0.15) is 0 Å². The predicted octanol–water partition coefficient (Wildman–Crippen LogP) is 1.75. The lowest BCUT2D eigenvalue weighted by atomic mass is 10.0. The largest absolute Gasteiger partial charge is 0.391 e. The number of carbonyl (C=O) groups is 1. The van der Waals surface area contributed by atoms with Gasteiger partial charge in [0.05, 0.1) is 18.8 Å². The van der Waals surface area contributed by atoms with Crippen LogP contribution in [0.5, 0.6) is 0 Å². The fourth-order valence-electron chi connectivity index (χ4n) is 3.49. The molecule has 0 saturated carbocycles. The molecule has 1 amide bonds. The van der Waals surface area contributed by atoms with Crippen molar-refractivity contribution in [2.24, 2.45) is 7.05 Å². The minimum atomic E-state index is -0.602. The summed E-state index contributed by atoms with van der Waals surface area (Å²) in [6.07, 6.45) is 4.37. The predicted molar refractivity (Wildman–Crippen MR) is 105 cm³/mol. The highest BCUT2D eigenvalue weighted by molar-refractivity contribution is 5.95. The summed E-state index contributed by atoms with van der Waals surface area (Å²) in [5.41, 5.74) is 4.15. The number of nitrogens with zero attached hydrogens (tertiary/aromatic N) is 3. The van der Waals surface area contributed by atoms with E-state index in [2.05, 4.69) is 15.3 Å². The lowest BCUT2D eigenvalue weighted by Gasteiger charge is -2.28. The van der Waals surface area contributed by atoms with Crippen LogP contribution in [-0.4, -0.2) is 50.9 Å². The second-order valence-electron chi connectivity index (χ2n) is 7.33. The molecule has 1 aliphatic heterocycles. The summed E-state index contributed by atoms with van der Waals surface area (Å²) in [4.78, 5) is 21.7. The average Bonchev–Trinajstić information content (AvgIpc) is 3.07. The van der Waals surface area contributed by atoms with E-state index in [4.69, 9.17) is 4.74 Å². The zero-order valence-corrected chi connectivity index (χ0v) is 16.1. The Balaban J connectivity index is 1.65. The Labute approximate surface area is 163 Å². The van der Waals surface area contributed by atoms with E-state index in [0.717, 1.165) is 27.9 Å². The first kappa shape index (κ1) is 18.6. The van der Waals surface area contributed by atoms with Crippen LogP contribution in [0.1, 0.15) is 33.7 Å². The number of aliphatic hydroxyl groups is 1. The van der Waals surface area contributed by atoms with E-state index in [1.807, 2.05) is 55.2 Å². The minimum Gasteiger partial charge on any atom is -0.391 e. The molecule has 0 aromatic carbocycles. The maximum atomic E-state index is 12.8. The van der Waals surface area contributed by atoms with Gasteiger partial charge in [0.15, 0.2) is 0 Å². The number of fused-ring (bicyclic) bond motifs is 1. The van der Waals surface area contributed by atoms with E-state index in [9.17, 15) is 9.90 Å². The van der Waals surface area contributed by atoms with Gasteiger partial charge in [0.1, 0.15) is 11.3 Å². The summed E-state index contributed by atoms with van der Waals surface area (Å²) in [5, 5.41) is 14.0. The van der Waals surface area contributed by atoms with Crippen LogP contribution in [0.15, 0.2) is 36.7 Å². The number of carbonyl (C=O) groups excluding carboxylic acids is 1. The van der Waals surface area contributed by atoms with Crippen molar-refractivity contribution in [3.63, 3.8) is 0 Å². The molecule has 7 nitrogen and oxygen atoms in total. The molecule has 1 saturated heterocycles. The van der Waals surface area contributed by atoms with Gasteiger partial charge in [-0.3, -0.25) is 9.78 Å². The van der Waals surface area contributed by atoms with E-state index in [1.165, 1.54) is 0 Å². The maximum Gasteiger partial charge on any atom is 0.270 e. The first-order chi connectivity index (χ1) is 13.5. The average molecular weight is 380 g/mol. The van der Waals surface area contributed by atoms with Crippen LogP contribution in [0.2, 0.25) is 0 Å². The van der Waals surface area contributed by atoms with E-state index < -0.39 is 12.1 Å². The number of rotatable bonds is 4. The van der Waals surface area contributed by atoms with Gasteiger partial charge in [-0.25, -0.2) is 4.98 Å². The van der Waals surface area contributed by atoms with Crippen molar-refractivity contribution in [1.29, 1.82) is 0 Å². The molecule has 1 aliphatic rings. The van der Waals surface area contributed by atoms with Crippen LogP contribution < -0.4 is 5.32 Å². The van der Waals surface area contributed by atoms with E-state index in [1.54, 1.807) is 0 Å². The number of nitrogens with one attached hydrogen (secondary N) is 1. The first-order valence-corrected chi connectivity index (χ1v) is 9.44. The van der Waals surface area contributed by atoms with Crippen LogP contribution in [-0.2, 0) is 18.2 Å². The molecule has 3 aromatic rings. The zero-order valence-electron chi connectivity index (χ0n) is 16.1. The van der Waals surface area contributed by atoms with Gasteiger partial charge >= 0.3 is 0 Å². The summed E-state index contributed by atoms with van der Waals surface area (Å²) in [5.74, 6) is -0.305. The van der Waals surface area contributed by atoms with Crippen molar-refractivity contribution in [2.75, 3.05) is 13.2 Å². The Hall–Kier alpha value is -2.77. The SMILES string of the molecule is Cc1ccc(Cc2cc(C(=O)N[C@@H]3COCC[C@H]3O)nc3c2ccn3C)cn1. The third-order valence-corrected chi connectivity index (χ3v) is 5.16. The number of aromatic nitrogens is 3. The van der Waals surface area contributed by atoms with Crippen molar-refractivity contribution in [3.8, 4) is 0 Å². The van der Waals surface area contributed by atoms with Crippen molar-refractivity contribution in [1.82, 2.24) is 19.9 Å². The Bertz CT molecular complexity index is 997. The van der Waals surface area contributed by atoms with Gasteiger partial charge in [0.25, 0.3) is 5.91 Å². The number of hydrogen-bond acceptors (Lipinski definition) is 5. The van der Waals surface area contributed by atoms with Gasteiger partial charge < -0.3 is 19.7 Å². The van der Waals surface area contributed by atoms with Crippen LogP contribution in [0.4, 0.5) is 0 Å². The lowest BCUT2D eigenvalue weighted by molar-refractivity contribution is -0.0140. The van der Waals surface area contributed by atoms with Crippen LogP contribution in [0.3, 0.4) is 0 Å². The van der Waals surface area contributed by atoms with Gasteiger partial charge in [-0.1, -0.05) is 6.07 Å². The van der Waals surface area contributed by atoms with Gasteiger partial charge in [0.2, 0.25) is 0 Å². The normalized spacial score (nSPS) is 19.7. The molecule has 2 N–H and O–H groups in total. The van der Waals surface area contributed by atoms with Crippen molar-refractivity contribution >= 4 is 16.9 Å². The highest BCUT2D eigenvalue weighted by Gasteiger charge is 2.26. The Kier molecular flexibility index (Phi) is 5.11. The van der Waals surface area contributed by atoms with Crippen LogP contribution in [0, 0.1) is 6.92 Å². The van der Waals surface area contributed by atoms with Crippen molar-refractivity contribution in [2.45, 2.75) is 31.9 Å². The zero-order chi connectivity index (χ0) is 19.7. The second kappa shape index (κ2) is 7.69. The van der Waals surface area contributed by atoms with Crippen molar-refractivity contribution < 1.29 is 14.6 Å². The van der Waals surface area contributed by atoms with Crippen LogP contribution >= 0.6 is 0 Å². The minimum absolute atomic E-state index is 0.305. The lowest BCUT2D eigenvalue weighted by Crippen LogP contribution is -2.49. The molecule has 7 heteroatoms. The number of hydrogen-bond donors (Lipinski definition) is 2. The number of ether oxygens (including phenoxy) is 1. The van der Waals surface area contributed by atoms with Gasteiger partial charge in [-0.15, -0.1) is 0 Å². The Morgan fingerprint density at radius 2 is 2.25 bits per heavy atom. The van der Waals surface area contributed by atoms with Gasteiger partial charge in [0, 0.05) is 37.1 Å². The molecule has 0 bridgehead atoms. The molecule has 3 aromatic heterocycles. The van der Waals surface area contributed by atoms with E-state index >= 15 is 0 Å². The summed E-state index contributed by atoms with van der Waals surface area (Å²) in [6, 6.07) is 7.45. The molecule has 28 heavy (non-hydrogen) atoms. The molecule has 2 atom stereocenters. The summed E-state index contributed by atoms with van der Waals surface area (Å²) in [6.45, 7) is 2.77. The van der Waals surface area contributed by atoms with E-state index in [-0.39, 0.29) is 5.91 Å². The third-order valence-electron chi connectivity index (χ3n) is 5.16. The molecule has 1 fully saturated rings. The van der Waals surface area contributed by atoms with E-state index in [0.29, 0.717) is 31.7 Å². The first-order valence-electron chi connectivity index (χ1n) is 9.44. The number of aryl methyl sites for hydroxylation is 2. The number of amides is 1. The Morgan fingerprint density at radius 3 is 3.00 bits per heavy atom. The molecule has 146 valence electrons. The molecular formula is C21H24N4O3. The van der Waals surface area contributed by atoms with Gasteiger partial charge in [-0.05, 0) is 49.1 Å². The highest BCUT2D eigenvalue weighted by atomic mass is 16.5. The van der Waals surface area contributed by atoms with Crippen molar-refractivity contribution in [3.05, 3.63) is 59.2 Å². The molecule has 0 aliphatic carbocycles. The molecule has 0 unspecified atom stereocenters.